The fourth-order valence-corrected chi connectivity index (χ4v) is 1.03. The molecule has 0 amide bonds. The average Bonchev–Trinajstić information content (AvgIpc) is 2.13. The summed E-state index contributed by atoms with van der Waals surface area (Å²) in [5, 5.41) is 43.8. The molecule has 0 bridgehead atoms. The van der Waals surface area contributed by atoms with E-state index in [0.717, 1.165) is 0 Å². The zero-order chi connectivity index (χ0) is 10.5. The van der Waals surface area contributed by atoms with Crippen LogP contribution < -0.4 is 0 Å². The van der Waals surface area contributed by atoms with E-state index >= 15 is 0 Å². The maximum Gasteiger partial charge on any atom is 0.314 e. The normalized spacial score (nSPS) is 12.1. The predicted molar refractivity (Wildman–Crippen MR) is 41.9 cm³/mol. The molecule has 6 nitrogen and oxygen atoms in total. The van der Waals surface area contributed by atoms with E-state index in [4.69, 9.17) is 25.5 Å². The van der Waals surface area contributed by atoms with Crippen molar-refractivity contribution in [2.24, 2.45) is 11.3 Å². The fraction of sp³-hybridized carbons (Fsp3) is 0.857. The number of rotatable bonds is 6. The van der Waals surface area contributed by atoms with Crippen LogP contribution >= 0.6 is 0 Å². The molecule has 0 saturated carbocycles. The Balaban J connectivity index is 4.82. The molecule has 0 aliphatic rings. The Bertz CT molecular complexity index is 160. The molecular weight excluding hydrogens is 180 g/mol. The highest BCUT2D eigenvalue weighted by Gasteiger charge is 2.44. The van der Waals surface area contributed by atoms with Crippen molar-refractivity contribution in [1.82, 2.24) is 0 Å². The lowest BCUT2D eigenvalue weighted by atomic mass is 9.77. The molecule has 0 rings (SSSR count). The Hall–Kier alpha value is -0.690. The number of aliphatic hydroxyl groups is 4. The first-order valence-corrected chi connectivity index (χ1v) is 3.75. The summed E-state index contributed by atoms with van der Waals surface area (Å²) in [4.78, 5) is 10.7. The maximum atomic E-state index is 10.7. The molecule has 0 atom stereocenters. The number of aliphatic hydroxyl groups excluding tert-OH is 4. The lowest BCUT2D eigenvalue weighted by Gasteiger charge is -2.31. The lowest BCUT2D eigenvalue weighted by Crippen LogP contribution is -2.48. The van der Waals surface area contributed by atoms with Gasteiger partial charge >= 0.3 is 5.97 Å². The zero-order valence-electron chi connectivity index (χ0n) is 7.05. The quantitative estimate of drug-likeness (QED) is 0.323. The molecule has 0 aliphatic carbocycles. The monoisotopic (exact) mass is 194 g/mol. The summed E-state index contributed by atoms with van der Waals surface area (Å²) >= 11 is 0. The molecule has 0 heterocycles. The number of carbonyl (C=O) groups is 1. The van der Waals surface area contributed by atoms with Gasteiger partial charge in [0, 0.05) is 19.1 Å². The summed E-state index contributed by atoms with van der Waals surface area (Å²) in [5.41, 5.74) is -1.87. The molecule has 5 N–H and O–H groups in total. The van der Waals surface area contributed by atoms with Crippen LogP contribution in [0.4, 0.5) is 0 Å². The Labute approximate surface area is 75.1 Å². The van der Waals surface area contributed by atoms with Gasteiger partial charge < -0.3 is 25.5 Å². The van der Waals surface area contributed by atoms with Crippen molar-refractivity contribution in [2.45, 2.75) is 0 Å². The number of carboxylic acid groups (broad SMARTS) is 1. The Kier molecular flexibility index (Phi) is 4.86. The maximum absolute atomic E-state index is 10.7. The molecule has 0 radical (unpaired) electrons. The molecule has 0 saturated heterocycles. The summed E-state index contributed by atoms with van der Waals surface area (Å²) in [7, 11) is 0. The van der Waals surface area contributed by atoms with Crippen LogP contribution in [-0.4, -0.2) is 57.9 Å². The second-order valence-corrected chi connectivity index (χ2v) is 2.84. The van der Waals surface area contributed by atoms with Crippen molar-refractivity contribution in [1.29, 1.82) is 0 Å². The van der Waals surface area contributed by atoms with Crippen LogP contribution in [0.25, 0.3) is 0 Å². The van der Waals surface area contributed by atoms with Crippen LogP contribution in [0.15, 0.2) is 0 Å². The van der Waals surface area contributed by atoms with Gasteiger partial charge in [-0.3, -0.25) is 4.79 Å². The molecule has 0 spiro atoms. The van der Waals surface area contributed by atoms with Crippen molar-refractivity contribution in [3.8, 4) is 0 Å². The highest BCUT2D eigenvalue weighted by Crippen LogP contribution is 2.26. The smallest absolute Gasteiger partial charge is 0.314 e. The van der Waals surface area contributed by atoms with Crippen LogP contribution in [0, 0.1) is 11.3 Å². The van der Waals surface area contributed by atoms with E-state index < -0.39 is 43.7 Å². The SMILES string of the molecule is O=C(O)C(CO)(CO)C(CO)CO. The molecule has 0 unspecified atom stereocenters. The minimum Gasteiger partial charge on any atom is -0.481 e. The van der Waals surface area contributed by atoms with Crippen molar-refractivity contribution in [3.05, 3.63) is 0 Å². The largest absolute Gasteiger partial charge is 0.481 e. The van der Waals surface area contributed by atoms with Gasteiger partial charge in [0.1, 0.15) is 5.41 Å². The first-order chi connectivity index (χ1) is 6.08. The van der Waals surface area contributed by atoms with E-state index in [-0.39, 0.29) is 0 Å². The fourth-order valence-electron chi connectivity index (χ4n) is 1.03. The number of aliphatic carboxylic acids is 1. The zero-order valence-corrected chi connectivity index (χ0v) is 7.05. The third-order valence-corrected chi connectivity index (χ3v) is 2.21. The highest BCUT2D eigenvalue weighted by molar-refractivity contribution is 5.75. The predicted octanol–water partition coefficient (Wildman–Crippen LogP) is -2.36. The molecule has 0 aromatic heterocycles. The minimum absolute atomic E-state index is 0.607. The van der Waals surface area contributed by atoms with E-state index in [1.807, 2.05) is 0 Å². The van der Waals surface area contributed by atoms with Gasteiger partial charge in [-0.2, -0.15) is 0 Å². The first kappa shape index (κ1) is 12.3. The van der Waals surface area contributed by atoms with Gasteiger partial charge in [0.15, 0.2) is 0 Å². The van der Waals surface area contributed by atoms with Crippen molar-refractivity contribution in [3.63, 3.8) is 0 Å². The molecule has 6 heteroatoms. The molecule has 13 heavy (non-hydrogen) atoms. The molecular formula is C7H14O6. The third kappa shape index (κ3) is 2.16. The summed E-state index contributed by atoms with van der Waals surface area (Å²) in [6.07, 6.45) is 0. The molecule has 0 aliphatic heterocycles. The summed E-state index contributed by atoms with van der Waals surface area (Å²) < 4.78 is 0. The minimum atomic E-state index is -1.87. The van der Waals surface area contributed by atoms with Crippen LogP contribution in [0.5, 0.6) is 0 Å². The van der Waals surface area contributed by atoms with E-state index in [1.54, 1.807) is 0 Å². The standard InChI is InChI=1S/C7H14O6/c8-1-5(2-9)7(3-10,4-11)6(12)13/h5,8-11H,1-4H2,(H,12,13). The second kappa shape index (κ2) is 5.13. The van der Waals surface area contributed by atoms with Gasteiger partial charge in [-0.25, -0.2) is 0 Å². The van der Waals surface area contributed by atoms with Crippen molar-refractivity contribution < 1.29 is 30.3 Å². The first-order valence-electron chi connectivity index (χ1n) is 3.75. The number of hydrogen-bond acceptors (Lipinski definition) is 5. The summed E-state index contributed by atoms with van der Waals surface area (Å²) in [6.45, 7) is -2.87. The van der Waals surface area contributed by atoms with Crippen LogP contribution in [0.2, 0.25) is 0 Å². The van der Waals surface area contributed by atoms with E-state index in [2.05, 4.69) is 0 Å². The van der Waals surface area contributed by atoms with Gasteiger partial charge in [-0.15, -0.1) is 0 Å². The number of hydrogen-bond donors (Lipinski definition) is 5. The number of carboxylic acids is 1. The molecule has 0 aromatic rings. The van der Waals surface area contributed by atoms with E-state index in [0.29, 0.717) is 0 Å². The molecule has 0 fully saturated rings. The van der Waals surface area contributed by atoms with Crippen molar-refractivity contribution in [2.75, 3.05) is 26.4 Å². The third-order valence-electron chi connectivity index (χ3n) is 2.21. The Morgan fingerprint density at radius 1 is 1.08 bits per heavy atom. The Morgan fingerprint density at radius 2 is 1.46 bits per heavy atom. The van der Waals surface area contributed by atoms with Crippen LogP contribution in [-0.2, 0) is 4.79 Å². The second-order valence-electron chi connectivity index (χ2n) is 2.84. The average molecular weight is 194 g/mol. The van der Waals surface area contributed by atoms with Gasteiger partial charge in [0.25, 0.3) is 0 Å². The van der Waals surface area contributed by atoms with Crippen molar-refractivity contribution >= 4 is 5.97 Å². The molecule has 0 aromatic carbocycles. The summed E-state index contributed by atoms with van der Waals surface area (Å²) in [6, 6.07) is 0. The van der Waals surface area contributed by atoms with E-state index in [9.17, 15) is 4.79 Å². The van der Waals surface area contributed by atoms with Gasteiger partial charge in [-0.05, 0) is 0 Å². The van der Waals surface area contributed by atoms with Gasteiger partial charge in [0.2, 0.25) is 0 Å². The van der Waals surface area contributed by atoms with Gasteiger partial charge in [-0.1, -0.05) is 0 Å². The lowest BCUT2D eigenvalue weighted by molar-refractivity contribution is -0.163. The van der Waals surface area contributed by atoms with Gasteiger partial charge in [0.05, 0.1) is 13.2 Å². The van der Waals surface area contributed by atoms with E-state index in [1.165, 1.54) is 0 Å². The highest BCUT2D eigenvalue weighted by atomic mass is 16.4. The Morgan fingerprint density at radius 3 is 1.54 bits per heavy atom. The topological polar surface area (TPSA) is 118 Å². The van der Waals surface area contributed by atoms with Crippen LogP contribution in [0.3, 0.4) is 0 Å². The molecule has 78 valence electrons. The van der Waals surface area contributed by atoms with Crippen LogP contribution in [0.1, 0.15) is 0 Å². The summed E-state index contributed by atoms with van der Waals surface area (Å²) in [5.74, 6) is -2.51.